The van der Waals surface area contributed by atoms with Gasteiger partial charge in [-0.25, -0.2) is 0 Å². The van der Waals surface area contributed by atoms with E-state index in [1.54, 1.807) is 24.3 Å². The molecule has 0 unspecified atom stereocenters. The van der Waals surface area contributed by atoms with Crippen LogP contribution in [-0.4, -0.2) is 37.1 Å². The van der Waals surface area contributed by atoms with Crippen molar-refractivity contribution in [3.63, 3.8) is 0 Å². The molecule has 32 heavy (non-hydrogen) atoms. The molecule has 1 fully saturated rings. The van der Waals surface area contributed by atoms with Crippen LogP contribution in [0.2, 0.25) is 0 Å². The summed E-state index contributed by atoms with van der Waals surface area (Å²) in [5, 5.41) is 25.0. The quantitative estimate of drug-likeness (QED) is 0.737. The Balaban J connectivity index is 1.51. The van der Waals surface area contributed by atoms with Crippen LogP contribution in [0.4, 0.5) is 0 Å². The zero-order valence-electron chi connectivity index (χ0n) is 17.7. The Morgan fingerprint density at radius 1 is 0.719 bits per heavy atom. The standard InChI is InChI=1S/C24H20N4O4/c1-31-19-5-3-13(11-25)15-7-23(9-17(15)19)21(29)28-24(22(30)27-23)8-16-14(12-26)4-6-20(32-2)18(16)10-24/h3-6H,7-10H2,1-2H3,(H,27,30)(H,28,29)/t23-,24-/m0/s1. The van der Waals surface area contributed by atoms with Gasteiger partial charge in [-0.3, -0.25) is 9.59 Å². The van der Waals surface area contributed by atoms with Gasteiger partial charge in [0.15, 0.2) is 0 Å². The van der Waals surface area contributed by atoms with Crippen molar-refractivity contribution in [3.8, 4) is 23.6 Å². The lowest BCUT2D eigenvalue weighted by molar-refractivity contribution is -0.145. The maximum atomic E-state index is 13.5. The van der Waals surface area contributed by atoms with Gasteiger partial charge in [-0.1, -0.05) is 0 Å². The molecule has 0 bridgehead atoms. The molecule has 1 saturated heterocycles. The van der Waals surface area contributed by atoms with Crippen LogP contribution < -0.4 is 20.1 Å². The molecular weight excluding hydrogens is 408 g/mol. The third-order valence-electron chi connectivity index (χ3n) is 6.95. The van der Waals surface area contributed by atoms with Crippen LogP contribution >= 0.6 is 0 Å². The maximum Gasteiger partial charge on any atom is 0.247 e. The number of hydrogen-bond donors (Lipinski definition) is 2. The van der Waals surface area contributed by atoms with Crippen molar-refractivity contribution < 1.29 is 19.1 Å². The highest BCUT2D eigenvalue weighted by Gasteiger charge is 2.58. The smallest absolute Gasteiger partial charge is 0.247 e. The summed E-state index contributed by atoms with van der Waals surface area (Å²) in [5.41, 5.74) is 1.56. The number of nitrogens with zero attached hydrogens (tertiary/aromatic N) is 2. The Hall–Kier alpha value is -4.04. The van der Waals surface area contributed by atoms with E-state index in [9.17, 15) is 20.1 Å². The van der Waals surface area contributed by atoms with Gasteiger partial charge in [0.25, 0.3) is 0 Å². The van der Waals surface area contributed by atoms with Crippen LogP contribution in [0, 0.1) is 22.7 Å². The molecule has 2 aliphatic carbocycles. The minimum atomic E-state index is -1.18. The molecule has 8 heteroatoms. The monoisotopic (exact) mass is 428 g/mol. The van der Waals surface area contributed by atoms with Crippen LogP contribution in [0.5, 0.6) is 11.5 Å². The number of methoxy groups -OCH3 is 2. The van der Waals surface area contributed by atoms with E-state index in [1.165, 1.54) is 14.2 Å². The fraction of sp³-hybridized carbons (Fsp3) is 0.333. The first-order valence-electron chi connectivity index (χ1n) is 10.2. The second-order valence-corrected chi connectivity index (χ2v) is 8.55. The van der Waals surface area contributed by atoms with Crippen LogP contribution in [0.3, 0.4) is 0 Å². The highest BCUT2D eigenvalue weighted by Crippen LogP contribution is 2.43. The molecule has 2 amide bonds. The van der Waals surface area contributed by atoms with Crippen molar-refractivity contribution >= 4 is 11.8 Å². The van der Waals surface area contributed by atoms with Gasteiger partial charge in [-0.15, -0.1) is 0 Å². The predicted octanol–water partition coefficient (Wildman–Crippen LogP) is 1.07. The van der Waals surface area contributed by atoms with E-state index in [1.807, 2.05) is 0 Å². The van der Waals surface area contributed by atoms with E-state index < -0.39 is 11.1 Å². The number of nitrogens with one attached hydrogen (secondary N) is 2. The lowest BCUT2D eigenvalue weighted by Crippen LogP contribution is -2.75. The van der Waals surface area contributed by atoms with Crippen molar-refractivity contribution in [3.05, 3.63) is 57.6 Å². The normalized spacial score (nSPS) is 24.9. The summed E-state index contributed by atoms with van der Waals surface area (Å²) in [5.74, 6) is 0.582. The molecule has 1 heterocycles. The van der Waals surface area contributed by atoms with Crippen molar-refractivity contribution in [1.82, 2.24) is 10.6 Å². The lowest BCUT2D eigenvalue weighted by Gasteiger charge is -2.43. The van der Waals surface area contributed by atoms with Gasteiger partial charge in [-0.05, 0) is 35.4 Å². The van der Waals surface area contributed by atoms with Crippen LogP contribution in [-0.2, 0) is 35.3 Å². The summed E-state index contributed by atoms with van der Waals surface area (Å²) in [6, 6.07) is 11.1. The van der Waals surface area contributed by atoms with E-state index in [2.05, 4.69) is 22.8 Å². The minimum absolute atomic E-state index is 0.218. The first kappa shape index (κ1) is 19.9. The number of rotatable bonds is 2. The Morgan fingerprint density at radius 2 is 1.09 bits per heavy atom. The van der Waals surface area contributed by atoms with Crippen LogP contribution in [0.1, 0.15) is 33.4 Å². The summed E-state index contributed by atoms with van der Waals surface area (Å²) in [4.78, 5) is 27.0. The van der Waals surface area contributed by atoms with Gasteiger partial charge >= 0.3 is 0 Å². The topological polar surface area (TPSA) is 124 Å². The zero-order chi connectivity index (χ0) is 22.7. The van der Waals surface area contributed by atoms with Gasteiger partial charge in [0.05, 0.1) is 37.5 Å². The highest BCUT2D eigenvalue weighted by atomic mass is 16.5. The minimum Gasteiger partial charge on any atom is -0.496 e. The maximum absolute atomic E-state index is 13.5. The average molecular weight is 428 g/mol. The third-order valence-corrected chi connectivity index (χ3v) is 6.95. The van der Waals surface area contributed by atoms with E-state index in [0.29, 0.717) is 22.6 Å². The summed E-state index contributed by atoms with van der Waals surface area (Å²) >= 11 is 0. The number of nitriles is 2. The van der Waals surface area contributed by atoms with E-state index in [4.69, 9.17) is 9.47 Å². The summed E-state index contributed by atoms with van der Waals surface area (Å²) in [6.07, 6.45) is 0.925. The average Bonchev–Trinajstić information content (AvgIpc) is 3.37. The van der Waals surface area contributed by atoms with Crippen molar-refractivity contribution in [2.45, 2.75) is 36.8 Å². The fourth-order valence-corrected chi connectivity index (χ4v) is 5.34. The number of carbonyl (C=O) groups excluding carboxylic acids is 2. The molecule has 2 atom stereocenters. The SMILES string of the molecule is COc1ccc(C#N)c2c1C[C@]1(C2)NC(=O)[C@@]2(Cc3c(C#N)ccc(OC)c3C2)NC1=O. The molecule has 160 valence electrons. The Morgan fingerprint density at radius 3 is 1.44 bits per heavy atom. The first-order chi connectivity index (χ1) is 15.4. The molecule has 8 nitrogen and oxygen atoms in total. The Bertz CT molecular complexity index is 1190. The van der Waals surface area contributed by atoms with E-state index in [0.717, 1.165) is 22.3 Å². The largest absolute Gasteiger partial charge is 0.496 e. The van der Waals surface area contributed by atoms with Gasteiger partial charge in [0.2, 0.25) is 11.8 Å². The number of ether oxygens (including phenoxy) is 2. The molecule has 1 aliphatic heterocycles. The molecule has 0 saturated carbocycles. The number of benzene rings is 2. The molecule has 0 aromatic heterocycles. The fourth-order valence-electron chi connectivity index (χ4n) is 5.34. The second kappa shape index (κ2) is 6.73. The first-order valence-corrected chi connectivity index (χ1v) is 10.2. The zero-order valence-corrected chi connectivity index (χ0v) is 17.7. The van der Waals surface area contributed by atoms with Crippen LogP contribution in [0.15, 0.2) is 24.3 Å². The Kier molecular flexibility index (Phi) is 4.18. The van der Waals surface area contributed by atoms with Gasteiger partial charge in [-0.2, -0.15) is 10.5 Å². The Labute approximate surface area is 184 Å². The lowest BCUT2D eigenvalue weighted by atomic mass is 9.83. The van der Waals surface area contributed by atoms with Crippen molar-refractivity contribution in [2.75, 3.05) is 14.2 Å². The van der Waals surface area contributed by atoms with E-state index >= 15 is 0 Å². The molecule has 3 aliphatic rings. The second-order valence-electron chi connectivity index (χ2n) is 8.55. The molecule has 0 radical (unpaired) electrons. The van der Waals surface area contributed by atoms with Crippen molar-refractivity contribution in [2.24, 2.45) is 0 Å². The summed E-state index contributed by atoms with van der Waals surface area (Å²) < 4.78 is 10.9. The van der Waals surface area contributed by atoms with Crippen LogP contribution in [0.25, 0.3) is 0 Å². The van der Waals surface area contributed by atoms with Gasteiger partial charge in [0, 0.05) is 36.8 Å². The predicted molar refractivity (Wildman–Crippen MR) is 112 cm³/mol. The molecule has 5 rings (SSSR count). The molecule has 2 aromatic carbocycles. The molecule has 2 aromatic rings. The molecule has 2 N–H and O–H groups in total. The summed E-state index contributed by atoms with van der Waals surface area (Å²) in [7, 11) is 3.08. The number of amides is 2. The van der Waals surface area contributed by atoms with Gasteiger partial charge < -0.3 is 20.1 Å². The molecular formula is C24H20N4O4. The number of hydrogen-bond acceptors (Lipinski definition) is 6. The summed E-state index contributed by atoms with van der Waals surface area (Å²) in [6.45, 7) is 0. The number of carbonyl (C=O) groups is 2. The highest BCUT2D eigenvalue weighted by molar-refractivity contribution is 6.04. The van der Waals surface area contributed by atoms with E-state index in [-0.39, 0.29) is 37.5 Å². The molecule has 2 spiro atoms. The van der Waals surface area contributed by atoms with Crippen molar-refractivity contribution in [1.29, 1.82) is 10.5 Å². The number of fused-ring (bicyclic) bond motifs is 2. The van der Waals surface area contributed by atoms with Gasteiger partial charge in [0.1, 0.15) is 22.6 Å². The third kappa shape index (κ3) is 2.53. The number of piperazine rings is 1.